The highest BCUT2D eigenvalue weighted by Crippen LogP contribution is 2.52. The van der Waals surface area contributed by atoms with Crippen LogP contribution in [0.4, 0.5) is 5.69 Å². The molecule has 1 aliphatic heterocycles. The van der Waals surface area contributed by atoms with E-state index in [2.05, 4.69) is 27.7 Å². The first kappa shape index (κ1) is 25.1. The zero-order valence-electron chi connectivity index (χ0n) is 21.7. The molecule has 2 atom stereocenters. The number of aliphatic imine (C=N–C) groups is 1. The predicted molar refractivity (Wildman–Crippen MR) is 141 cm³/mol. The Bertz CT molecular complexity index is 1350. The van der Waals surface area contributed by atoms with Crippen LogP contribution in [0.2, 0.25) is 0 Å². The number of fused-ring (bicyclic) bond motifs is 1. The van der Waals surface area contributed by atoms with Crippen molar-refractivity contribution in [1.82, 2.24) is 0 Å². The molecule has 1 saturated carbocycles. The number of Topliss-reactive ketones (excluding diaryl/α,β-unsaturated/α-hetero) is 2. The summed E-state index contributed by atoms with van der Waals surface area (Å²) in [5, 5.41) is 11.8. The summed E-state index contributed by atoms with van der Waals surface area (Å²) < 4.78 is 5.95. The molecule has 5 rings (SSSR count). The SMILES string of the molecule is CC1(C)CC(=O)C2C(=NC3=C(C(=O)CC(C)(C)C3)C2c2ccc([N+](=O)[O-])c(OCc3ccccc3)c2)C1. The van der Waals surface area contributed by atoms with E-state index < -0.39 is 16.8 Å². The second-order valence-electron chi connectivity index (χ2n) is 12.1. The van der Waals surface area contributed by atoms with Crippen molar-refractivity contribution < 1.29 is 19.2 Å². The zero-order valence-corrected chi connectivity index (χ0v) is 21.7. The lowest BCUT2D eigenvalue weighted by molar-refractivity contribution is -0.386. The van der Waals surface area contributed by atoms with Gasteiger partial charge in [0.15, 0.2) is 11.5 Å². The van der Waals surface area contributed by atoms with E-state index in [1.165, 1.54) is 6.07 Å². The summed E-state index contributed by atoms with van der Waals surface area (Å²) in [6, 6.07) is 14.2. The van der Waals surface area contributed by atoms with E-state index in [4.69, 9.17) is 9.73 Å². The molecule has 2 aromatic rings. The molecule has 1 fully saturated rings. The van der Waals surface area contributed by atoms with Crippen molar-refractivity contribution in [3.05, 3.63) is 81.0 Å². The van der Waals surface area contributed by atoms with Crippen molar-refractivity contribution in [3.8, 4) is 5.75 Å². The van der Waals surface area contributed by atoms with Gasteiger partial charge in [0.05, 0.1) is 10.8 Å². The number of benzene rings is 2. The fourth-order valence-corrected chi connectivity index (χ4v) is 6.10. The molecule has 7 heteroatoms. The lowest BCUT2D eigenvalue weighted by Crippen LogP contribution is -2.45. The first-order chi connectivity index (χ1) is 17.4. The van der Waals surface area contributed by atoms with Gasteiger partial charge in [-0.05, 0) is 40.9 Å². The molecule has 192 valence electrons. The number of rotatable bonds is 5. The Morgan fingerprint density at radius 1 is 0.946 bits per heavy atom. The van der Waals surface area contributed by atoms with Crippen LogP contribution < -0.4 is 4.74 Å². The van der Waals surface area contributed by atoms with Crippen LogP contribution in [-0.4, -0.2) is 22.2 Å². The monoisotopic (exact) mass is 500 g/mol. The van der Waals surface area contributed by atoms with Crippen LogP contribution in [0.1, 0.15) is 70.4 Å². The van der Waals surface area contributed by atoms with Crippen molar-refractivity contribution in [3.63, 3.8) is 0 Å². The number of ether oxygens (including phenoxy) is 1. The van der Waals surface area contributed by atoms with E-state index in [1.807, 2.05) is 30.3 Å². The van der Waals surface area contributed by atoms with Crippen molar-refractivity contribution in [2.24, 2.45) is 21.7 Å². The molecule has 0 N–H and O–H groups in total. The largest absolute Gasteiger partial charge is 0.482 e. The van der Waals surface area contributed by atoms with E-state index in [0.29, 0.717) is 36.8 Å². The Balaban J connectivity index is 1.62. The van der Waals surface area contributed by atoms with Crippen LogP contribution in [0.25, 0.3) is 0 Å². The van der Waals surface area contributed by atoms with E-state index in [-0.39, 0.29) is 40.4 Å². The second-order valence-corrected chi connectivity index (χ2v) is 12.1. The number of carbonyl (C=O) groups is 2. The summed E-state index contributed by atoms with van der Waals surface area (Å²) in [6.07, 6.45) is 2.11. The van der Waals surface area contributed by atoms with Gasteiger partial charge in [0, 0.05) is 41.8 Å². The van der Waals surface area contributed by atoms with Gasteiger partial charge in [0.2, 0.25) is 0 Å². The maximum Gasteiger partial charge on any atom is 0.310 e. The van der Waals surface area contributed by atoms with Crippen molar-refractivity contribution in [1.29, 1.82) is 0 Å². The quantitative estimate of drug-likeness (QED) is 0.351. The molecular formula is C30H32N2O5. The average Bonchev–Trinajstić information content (AvgIpc) is 2.80. The van der Waals surface area contributed by atoms with Crippen LogP contribution in [0.15, 0.2) is 64.8 Å². The maximum atomic E-state index is 13.6. The first-order valence-corrected chi connectivity index (χ1v) is 12.8. The van der Waals surface area contributed by atoms with Crippen LogP contribution >= 0.6 is 0 Å². The first-order valence-electron chi connectivity index (χ1n) is 12.8. The summed E-state index contributed by atoms with van der Waals surface area (Å²) in [5.41, 5.74) is 3.16. The molecular weight excluding hydrogens is 468 g/mol. The second kappa shape index (κ2) is 9.05. The number of nitro benzene ring substituents is 1. The number of nitrogens with zero attached hydrogens (tertiary/aromatic N) is 2. The highest BCUT2D eigenvalue weighted by Gasteiger charge is 2.50. The lowest BCUT2D eigenvalue weighted by atomic mass is 9.60. The lowest BCUT2D eigenvalue weighted by Gasteiger charge is -2.44. The minimum atomic E-state index is -0.541. The molecule has 1 heterocycles. The molecule has 3 aliphatic rings. The molecule has 37 heavy (non-hydrogen) atoms. The van der Waals surface area contributed by atoms with Crippen molar-refractivity contribution in [2.45, 2.75) is 65.9 Å². The highest BCUT2D eigenvalue weighted by atomic mass is 16.6. The summed E-state index contributed by atoms with van der Waals surface area (Å²) in [5.74, 6) is -0.865. The van der Waals surface area contributed by atoms with Gasteiger partial charge in [0.25, 0.3) is 0 Å². The van der Waals surface area contributed by atoms with Gasteiger partial charge < -0.3 is 4.74 Å². The van der Waals surface area contributed by atoms with Gasteiger partial charge in [-0.25, -0.2) is 0 Å². The molecule has 0 amide bonds. The fraction of sp³-hybridized carbons (Fsp3) is 0.433. The van der Waals surface area contributed by atoms with Gasteiger partial charge in [-0.3, -0.25) is 24.7 Å². The summed E-state index contributed by atoms with van der Waals surface area (Å²) in [4.78, 5) is 43.4. The summed E-state index contributed by atoms with van der Waals surface area (Å²) in [6.45, 7) is 8.43. The fourth-order valence-electron chi connectivity index (χ4n) is 6.10. The average molecular weight is 501 g/mol. The standard InChI is InChI=1S/C30H32N2O5/c1-29(2)13-20-27(23(33)15-29)26(28-21(31-20)14-30(3,4)16-24(28)34)19-10-11-22(32(35)36)25(12-19)37-17-18-8-6-5-7-9-18/h5-12,26-27H,13-17H2,1-4H3. The predicted octanol–water partition coefficient (Wildman–Crippen LogP) is 6.36. The van der Waals surface area contributed by atoms with Crippen LogP contribution in [-0.2, 0) is 16.2 Å². The molecule has 0 aromatic heterocycles. The third-order valence-electron chi connectivity index (χ3n) is 7.61. The molecule has 2 aliphatic carbocycles. The van der Waals surface area contributed by atoms with E-state index >= 15 is 0 Å². The highest BCUT2D eigenvalue weighted by molar-refractivity contribution is 6.13. The molecule has 0 spiro atoms. The number of carbonyl (C=O) groups excluding carboxylic acids is 2. The van der Waals surface area contributed by atoms with E-state index in [0.717, 1.165) is 17.0 Å². The molecule has 0 radical (unpaired) electrons. The number of allylic oxidation sites excluding steroid dienone is 2. The molecule has 2 unspecified atom stereocenters. The van der Waals surface area contributed by atoms with Gasteiger partial charge in [-0.15, -0.1) is 0 Å². The minimum Gasteiger partial charge on any atom is -0.482 e. The molecule has 2 aromatic carbocycles. The van der Waals surface area contributed by atoms with Gasteiger partial charge in [-0.1, -0.05) is 64.1 Å². The zero-order chi connectivity index (χ0) is 26.5. The maximum absolute atomic E-state index is 13.6. The Morgan fingerprint density at radius 2 is 1.65 bits per heavy atom. The van der Waals surface area contributed by atoms with Crippen molar-refractivity contribution >= 4 is 23.0 Å². The molecule has 0 saturated heterocycles. The van der Waals surface area contributed by atoms with Crippen LogP contribution in [0.5, 0.6) is 5.75 Å². The molecule has 0 bridgehead atoms. The third-order valence-corrected chi connectivity index (χ3v) is 7.61. The number of hydrogen-bond acceptors (Lipinski definition) is 6. The minimum absolute atomic E-state index is 0.00166. The topological polar surface area (TPSA) is 98.9 Å². The number of ketones is 2. The van der Waals surface area contributed by atoms with Gasteiger partial charge in [0.1, 0.15) is 12.4 Å². The Kier molecular flexibility index (Phi) is 6.13. The molecule has 7 nitrogen and oxygen atoms in total. The number of hydrogen-bond donors (Lipinski definition) is 0. The Morgan fingerprint density at radius 3 is 2.35 bits per heavy atom. The van der Waals surface area contributed by atoms with Gasteiger partial charge >= 0.3 is 5.69 Å². The van der Waals surface area contributed by atoms with Gasteiger partial charge in [-0.2, -0.15) is 0 Å². The summed E-state index contributed by atoms with van der Waals surface area (Å²) in [7, 11) is 0. The Hall–Kier alpha value is -3.61. The van der Waals surface area contributed by atoms with E-state index in [9.17, 15) is 19.7 Å². The van der Waals surface area contributed by atoms with Crippen molar-refractivity contribution in [2.75, 3.05) is 0 Å². The van der Waals surface area contributed by atoms with Crippen LogP contribution in [0.3, 0.4) is 0 Å². The summed E-state index contributed by atoms with van der Waals surface area (Å²) >= 11 is 0. The number of nitro groups is 1. The normalized spacial score (nSPS) is 24.2. The van der Waals surface area contributed by atoms with Crippen LogP contribution in [0, 0.1) is 26.9 Å². The third kappa shape index (κ3) is 4.87. The Labute approximate surface area is 216 Å². The smallest absolute Gasteiger partial charge is 0.310 e. The van der Waals surface area contributed by atoms with E-state index in [1.54, 1.807) is 12.1 Å².